The average molecular weight is 193 g/mol. The Hall–Kier alpha value is -1.25. The summed E-state index contributed by atoms with van der Waals surface area (Å²) in [6.45, 7) is 3.22. The summed E-state index contributed by atoms with van der Waals surface area (Å²) in [6, 6.07) is 1.91. The largest absolute Gasteiger partial charge is 0.397 e. The summed E-state index contributed by atoms with van der Waals surface area (Å²) in [4.78, 5) is 4.01. The SMILES string of the molecule is CCCCCCNc1cncc(N)c1. The fourth-order valence-electron chi connectivity index (χ4n) is 1.34. The topological polar surface area (TPSA) is 50.9 Å². The molecule has 0 unspecified atom stereocenters. The minimum absolute atomic E-state index is 0.712. The van der Waals surface area contributed by atoms with Crippen LogP contribution in [-0.2, 0) is 0 Å². The van der Waals surface area contributed by atoms with E-state index in [0.717, 1.165) is 12.2 Å². The van der Waals surface area contributed by atoms with E-state index in [0.29, 0.717) is 5.69 Å². The van der Waals surface area contributed by atoms with Gasteiger partial charge in [0.05, 0.1) is 17.6 Å². The molecule has 1 heterocycles. The molecule has 0 aliphatic rings. The maximum Gasteiger partial charge on any atom is 0.0547 e. The lowest BCUT2D eigenvalue weighted by Crippen LogP contribution is -2.02. The molecule has 0 aliphatic carbocycles. The maximum atomic E-state index is 5.61. The van der Waals surface area contributed by atoms with Gasteiger partial charge in [-0.3, -0.25) is 4.98 Å². The number of nitrogen functional groups attached to an aromatic ring is 1. The number of hydrogen-bond acceptors (Lipinski definition) is 3. The van der Waals surface area contributed by atoms with Crippen molar-refractivity contribution in [2.45, 2.75) is 32.6 Å². The molecule has 0 saturated heterocycles. The Morgan fingerprint density at radius 2 is 2.14 bits per heavy atom. The van der Waals surface area contributed by atoms with Gasteiger partial charge in [-0.1, -0.05) is 26.2 Å². The zero-order valence-corrected chi connectivity index (χ0v) is 8.79. The first-order valence-electron chi connectivity index (χ1n) is 5.27. The van der Waals surface area contributed by atoms with Gasteiger partial charge >= 0.3 is 0 Å². The normalized spacial score (nSPS) is 10.1. The predicted octanol–water partition coefficient (Wildman–Crippen LogP) is 2.66. The monoisotopic (exact) mass is 193 g/mol. The van der Waals surface area contributed by atoms with Gasteiger partial charge in [-0.2, -0.15) is 0 Å². The second kappa shape index (κ2) is 6.24. The highest BCUT2D eigenvalue weighted by molar-refractivity contribution is 5.50. The molecule has 0 fully saturated rings. The molecule has 0 radical (unpaired) electrons. The Balaban J connectivity index is 2.18. The summed E-state index contributed by atoms with van der Waals surface area (Å²) in [7, 11) is 0. The molecule has 0 spiro atoms. The number of rotatable bonds is 6. The fourth-order valence-corrected chi connectivity index (χ4v) is 1.34. The summed E-state index contributed by atoms with van der Waals surface area (Å²) < 4.78 is 0. The molecular weight excluding hydrogens is 174 g/mol. The van der Waals surface area contributed by atoms with E-state index in [9.17, 15) is 0 Å². The number of pyridine rings is 1. The van der Waals surface area contributed by atoms with Crippen LogP contribution in [0.1, 0.15) is 32.6 Å². The lowest BCUT2D eigenvalue weighted by Gasteiger charge is -2.05. The maximum absolute atomic E-state index is 5.61. The number of anilines is 2. The molecule has 0 bridgehead atoms. The van der Waals surface area contributed by atoms with Gasteiger partial charge in [0.15, 0.2) is 0 Å². The second-order valence-electron chi connectivity index (χ2n) is 3.49. The van der Waals surface area contributed by atoms with Gasteiger partial charge in [-0.25, -0.2) is 0 Å². The van der Waals surface area contributed by atoms with Crippen LogP contribution in [0.3, 0.4) is 0 Å². The fraction of sp³-hybridized carbons (Fsp3) is 0.545. The van der Waals surface area contributed by atoms with Crippen molar-refractivity contribution in [1.29, 1.82) is 0 Å². The summed E-state index contributed by atoms with van der Waals surface area (Å²) in [5.41, 5.74) is 7.33. The average Bonchev–Trinajstić information content (AvgIpc) is 2.18. The van der Waals surface area contributed by atoms with Crippen LogP contribution in [0.5, 0.6) is 0 Å². The molecule has 1 aromatic heterocycles. The van der Waals surface area contributed by atoms with E-state index in [2.05, 4.69) is 17.2 Å². The Labute approximate surface area is 85.7 Å². The van der Waals surface area contributed by atoms with Crippen LogP contribution < -0.4 is 11.1 Å². The van der Waals surface area contributed by atoms with Gasteiger partial charge in [0.2, 0.25) is 0 Å². The summed E-state index contributed by atoms with van der Waals surface area (Å²) in [6.07, 6.45) is 8.55. The number of unbranched alkanes of at least 4 members (excludes halogenated alkanes) is 3. The molecule has 0 atom stereocenters. The quantitative estimate of drug-likeness (QED) is 0.683. The standard InChI is InChI=1S/C11H19N3/c1-2-3-4-5-6-14-11-7-10(12)8-13-9-11/h7-9,14H,2-6,12H2,1H3. The van der Waals surface area contributed by atoms with Crippen LogP contribution >= 0.6 is 0 Å². The van der Waals surface area contributed by atoms with E-state index in [4.69, 9.17) is 5.73 Å². The highest BCUT2D eigenvalue weighted by atomic mass is 14.9. The zero-order valence-electron chi connectivity index (χ0n) is 8.79. The van der Waals surface area contributed by atoms with Crippen molar-refractivity contribution in [1.82, 2.24) is 4.98 Å². The van der Waals surface area contributed by atoms with Crippen LogP contribution in [0.15, 0.2) is 18.5 Å². The minimum atomic E-state index is 0.712. The molecule has 3 N–H and O–H groups in total. The Kier molecular flexibility index (Phi) is 4.83. The predicted molar refractivity (Wildman–Crippen MR) is 61.3 cm³/mol. The summed E-state index contributed by atoms with van der Waals surface area (Å²) in [5, 5.41) is 3.30. The van der Waals surface area contributed by atoms with E-state index < -0.39 is 0 Å². The van der Waals surface area contributed by atoms with Crippen molar-refractivity contribution in [3.05, 3.63) is 18.5 Å². The van der Waals surface area contributed by atoms with E-state index in [-0.39, 0.29) is 0 Å². The van der Waals surface area contributed by atoms with Crippen molar-refractivity contribution in [2.75, 3.05) is 17.6 Å². The molecule has 1 rings (SSSR count). The van der Waals surface area contributed by atoms with Crippen molar-refractivity contribution in [2.24, 2.45) is 0 Å². The molecule has 1 aromatic rings. The number of nitrogens with one attached hydrogen (secondary N) is 1. The first-order valence-corrected chi connectivity index (χ1v) is 5.27. The van der Waals surface area contributed by atoms with Gasteiger partial charge in [-0.05, 0) is 12.5 Å². The van der Waals surface area contributed by atoms with Crippen molar-refractivity contribution < 1.29 is 0 Å². The van der Waals surface area contributed by atoms with Crippen LogP contribution in [0.2, 0.25) is 0 Å². The number of hydrogen-bond donors (Lipinski definition) is 2. The Morgan fingerprint density at radius 3 is 2.86 bits per heavy atom. The lowest BCUT2D eigenvalue weighted by atomic mass is 10.2. The van der Waals surface area contributed by atoms with Crippen LogP contribution in [0.25, 0.3) is 0 Å². The number of aromatic nitrogens is 1. The molecule has 14 heavy (non-hydrogen) atoms. The first kappa shape index (κ1) is 10.8. The lowest BCUT2D eigenvalue weighted by molar-refractivity contribution is 0.685. The third-order valence-electron chi connectivity index (χ3n) is 2.12. The second-order valence-corrected chi connectivity index (χ2v) is 3.49. The van der Waals surface area contributed by atoms with Gasteiger partial charge < -0.3 is 11.1 Å². The molecule has 0 aliphatic heterocycles. The third-order valence-corrected chi connectivity index (χ3v) is 2.12. The first-order chi connectivity index (χ1) is 6.83. The van der Waals surface area contributed by atoms with Crippen molar-refractivity contribution >= 4 is 11.4 Å². The molecule has 0 saturated carbocycles. The molecule has 3 heteroatoms. The van der Waals surface area contributed by atoms with Gasteiger partial charge in [-0.15, -0.1) is 0 Å². The zero-order chi connectivity index (χ0) is 10.2. The van der Waals surface area contributed by atoms with E-state index in [1.54, 1.807) is 12.4 Å². The number of nitrogens with zero attached hydrogens (tertiary/aromatic N) is 1. The van der Waals surface area contributed by atoms with Crippen LogP contribution in [-0.4, -0.2) is 11.5 Å². The molecule has 78 valence electrons. The van der Waals surface area contributed by atoms with Crippen LogP contribution in [0, 0.1) is 0 Å². The van der Waals surface area contributed by atoms with Gasteiger partial charge in [0.1, 0.15) is 0 Å². The Morgan fingerprint density at radius 1 is 1.29 bits per heavy atom. The highest BCUT2D eigenvalue weighted by Gasteiger charge is 1.92. The van der Waals surface area contributed by atoms with Gasteiger partial charge in [0, 0.05) is 12.7 Å². The smallest absolute Gasteiger partial charge is 0.0547 e. The van der Waals surface area contributed by atoms with E-state index in [1.807, 2.05) is 6.07 Å². The third kappa shape index (κ3) is 4.12. The molecule has 3 nitrogen and oxygen atoms in total. The van der Waals surface area contributed by atoms with Crippen molar-refractivity contribution in [3.8, 4) is 0 Å². The summed E-state index contributed by atoms with van der Waals surface area (Å²) in [5.74, 6) is 0. The van der Waals surface area contributed by atoms with E-state index in [1.165, 1.54) is 25.7 Å². The minimum Gasteiger partial charge on any atom is -0.397 e. The molecular formula is C11H19N3. The molecule has 0 aromatic carbocycles. The summed E-state index contributed by atoms with van der Waals surface area (Å²) >= 11 is 0. The molecule has 0 amide bonds. The van der Waals surface area contributed by atoms with Crippen LogP contribution in [0.4, 0.5) is 11.4 Å². The highest BCUT2D eigenvalue weighted by Crippen LogP contribution is 2.09. The van der Waals surface area contributed by atoms with Gasteiger partial charge in [0.25, 0.3) is 0 Å². The van der Waals surface area contributed by atoms with E-state index >= 15 is 0 Å². The van der Waals surface area contributed by atoms with Crippen molar-refractivity contribution in [3.63, 3.8) is 0 Å². The Bertz CT molecular complexity index is 260. The number of nitrogens with two attached hydrogens (primary N) is 1.